The number of rotatable bonds is 8. The van der Waals surface area contributed by atoms with Gasteiger partial charge >= 0.3 is 0 Å². The molecule has 0 aliphatic heterocycles. The largest absolute Gasteiger partial charge is 0.497 e. The molecule has 0 bridgehead atoms. The SMILES string of the molecule is CCNC(=NCCCc1cnn(C)c1)N(C)Cc1ccc(OC)cc1.I. The Morgan fingerprint density at radius 2 is 2.00 bits per heavy atom. The number of benzene rings is 1. The van der Waals surface area contributed by atoms with E-state index in [9.17, 15) is 0 Å². The van der Waals surface area contributed by atoms with Crippen LogP contribution in [0.25, 0.3) is 0 Å². The Labute approximate surface area is 173 Å². The number of nitrogens with one attached hydrogen (secondary N) is 1. The first-order chi connectivity index (χ1) is 12.1. The number of hydrogen-bond donors (Lipinski definition) is 1. The monoisotopic (exact) mass is 471 g/mol. The fourth-order valence-electron chi connectivity index (χ4n) is 2.62. The number of guanidine groups is 1. The molecule has 0 aliphatic rings. The van der Waals surface area contributed by atoms with Crippen molar-refractivity contribution in [1.29, 1.82) is 0 Å². The van der Waals surface area contributed by atoms with Crippen LogP contribution in [0.5, 0.6) is 5.75 Å². The molecule has 1 aromatic carbocycles. The summed E-state index contributed by atoms with van der Waals surface area (Å²) >= 11 is 0. The molecule has 0 radical (unpaired) electrons. The van der Waals surface area contributed by atoms with E-state index in [1.165, 1.54) is 11.1 Å². The number of aliphatic imine (C=N–C) groups is 1. The van der Waals surface area contributed by atoms with Gasteiger partial charge in [0.15, 0.2) is 5.96 Å². The second-order valence-corrected chi connectivity index (χ2v) is 6.07. The number of ether oxygens (including phenoxy) is 1. The van der Waals surface area contributed by atoms with Gasteiger partial charge in [0.2, 0.25) is 0 Å². The third-order valence-corrected chi connectivity index (χ3v) is 3.92. The number of aromatic nitrogens is 2. The van der Waals surface area contributed by atoms with E-state index in [4.69, 9.17) is 9.73 Å². The summed E-state index contributed by atoms with van der Waals surface area (Å²) in [5, 5.41) is 7.56. The molecule has 0 aliphatic carbocycles. The van der Waals surface area contributed by atoms with Crippen molar-refractivity contribution in [2.75, 3.05) is 27.2 Å². The van der Waals surface area contributed by atoms with E-state index in [-0.39, 0.29) is 24.0 Å². The van der Waals surface area contributed by atoms with Crippen molar-refractivity contribution in [3.63, 3.8) is 0 Å². The Morgan fingerprint density at radius 1 is 1.27 bits per heavy atom. The van der Waals surface area contributed by atoms with E-state index >= 15 is 0 Å². The van der Waals surface area contributed by atoms with E-state index in [1.54, 1.807) is 7.11 Å². The van der Waals surface area contributed by atoms with Gasteiger partial charge in [0.05, 0.1) is 13.3 Å². The van der Waals surface area contributed by atoms with Crippen LogP contribution >= 0.6 is 24.0 Å². The van der Waals surface area contributed by atoms with E-state index < -0.39 is 0 Å². The highest BCUT2D eigenvalue weighted by Gasteiger charge is 2.06. The van der Waals surface area contributed by atoms with Gasteiger partial charge in [0, 0.05) is 39.9 Å². The van der Waals surface area contributed by atoms with Crippen LogP contribution in [0.3, 0.4) is 0 Å². The molecule has 0 saturated heterocycles. The minimum atomic E-state index is 0. The zero-order valence-electron chi connectivity index (χ0n) is 16.1. The molecule has 1 aromatic heterocycles. The zero-order chi connectivity index (χ0) is 18.1. The second kappa shape index (κ2) is 11.8. The second-order valence-electron chi connectivity index (χ2n) is 6.07. The molecule has 2 rings (SSSR count). The smallest absolute Gasteiger partial charge is 0.193 e. The van der Waals surface area contributed by atoms with Gasteiger partial charge in [-0.25, -0.2) is 0 Å². The first kappa shape index (κ1) is 22.3. The normalized spacial score (nSPS) is 11.0. The highest BCUT2D eigenvalue weighted by Crippen LogP contribution is 2.12. The summed E-state index contributed by atoms with van der Waals surface area (Å²) < 4.78 is 7.05. The van der Waals surface area contributed by atoms with Crippen LogP contribution in [-0.2, 0) is 20.0 Å². The molecule has 0 saturated carbocycles. The summed E-state index contributed by atoms with van der Waals surface area (Å²) in [6.07, 6.45) is 5.99. The molecule has 7 heteroatoms. The maximum atomic E-state index is 5.21. The maximum absolute atomic E-state index is 5.21. The summed E-state index contributed by atoms with van der Waals surface area (Å²) in [6.45, 7) is 4.55. The number of hydrogen-bond acceptors (Lipinski definition) is 3. The van der Waals surface area contributed by atoms with Gasteiger partial charge in [-0.05, 0) is 43.0 Å². The number of methoxy groups -OCH3 is 1. The summed E-state index contributed by atoms with van der Waals surface area (Å²) in [6, 6.07) is 8.14. The minimum Gasteiger partial charge on any atom is -0.497 e. The lowest BCUT2D eigenvalue weighted by molar-refractivity contribution is 0.414. The fourth-order valence-corrected chi connectivity index (χ4v) is 2.62. The third kappa shape index (κ3) is 7.23. The number of aryl methyl sites for hydroxylation is 2. The van der Waals surface area contributed by atoms with Crippen LogP contribution in [0.15, 0.2) is 41.7 Å². The van der Waals surface area contributed by atoms with Gasteiger partial charge in [-0.15, -0.1) is 24.0 Å². The summed E-state index contributed by atoms with van der Waals surface area (Å²) in [4.78, 5) is 6.89. The minimum absolute atomic E-state index is 0. The average Bonchev–Trinajstić information content (AvgIpc) is 3.03. The highest BCUT2D eigenvalue weighted by atomic mass is 127. The van der Waals surface area contributed by atoms with Gasteiger partial charge in [0.25, 0.3) is 0 Å². The summed E-state index contributed by atoms with van der Waals surface area (Å²) in [7, 11) is 5.69. The van der Waals surface area contributed by atoms with Crippen molar-refractivity contribution in [2.24, 2.45) is 12.0 Å². The Kier molecular flexibility index (Phi) is 10.1. The zero-order valence-corrected chi connectivity index (χ0v) is 18.4. The van der Waals surface area contributed by atoms with Gasteiger partial charge in [-0.3, -0.25) is 9.67 Å². The Balaban J connectivity index is 0.00000338. The average molecular weight is 471 g/mol. The van der Waals surface area contributed by atoms with E-state index in [0.29, 0.717) is 0 Å². The van der Waals surface area contributed by atoms with Crippen LogP contribution in [0.2, 0.25) is 0 Å². The number of halogens is 1. The molecule has 0 fully saturated rings. The van der Waals surface area contributed by atoms with Crippen LogP contribution in [0.4, 0.5) is 0 Å². The van der Waals surface area contributed by atoms with Crippen molar-refractivity contribution in [3.05, 3.63) is 47.8 Å². The summed E-state index contributed by atoms with van der Waals surface area (Å²) in [5.74, 6) is 1.81. The Bertz CT molecular complexity index is 669. The van der Waals surface area contributed by atoms with E-state index in [0.717, 1.165) is 44.2 Å². The molecule has 1 heterocycles. The molecule has 26 heavy (non-hydrogen) atoms. The van der Waals surface area contributed by atoms with Crippen LogP contribution in [-0.4, -0.2) is 47.9 Å². The molecule has 0 spiro atoms. The standard InChI is InChI=1S/C19H29N5O.HI/c1-5-20-19(21-12-6-7-17-13-22-24(3)15-17)23(2)14-16-8-10-18(25-4)11-9-16;/h8-11,13,15H,5-7,12,14H2,1-4H3,(H,20,21);1H. The maximum Gasteiger partial charge on any atom is 0.193 e. The highest BCUT2D eigenvalue weighted by molar-refractivity contribution is 14.0. The third-order valence-electron chi connectivity index (χ3n) is 3.92. The van der Waals surface area contributed by atoms with Crippen molar-refractivity contribution >= 4 is 29.9 Å². The van der Waals surface area contributed by atoms with Crippen LogP contribution < -0.4 is 10.1 Å². The summed E-state index contributed by atoms with van der Waals surface area (Å²) in [5.41, 5.74) is 2.48. The number of nitrogens with zero attached hydrogens (tertiary/aromatic N) is 4. The molecule has 1 N–H and O–H groups in total. The molecular formula is C19H30IN5O. The first-order valence-electron chi connectivity index (χ1n) is 8.72. The van der Waals surface area contributed by atoms with Crippen molar-refractivity contribution in [1.82, 2.24) is 20.0 Å². The molecule has 2 aromatic rings. The van der Waals surface area contributed by atoms with E-state index in [2.05, 4.69) is 47.6 Å². The lowest BCUT2D eigenvalue weighted by Crippen LogP contribution is -2.38. The molecular weight excluding hydrogens is 441 g/mol. The van der Waals surface area contributed by atoms with Gasteiger partial charge in [-0.1, -0.05) is 12.1 Å². The van der Waals surface area contributed by atoms with Crippen molar-refractivity contribution < 1.29 is 4.74 Å². The topological polar surface area (TPSA) is 54.7 Å². The Hall–Kier alpha value is -1.77. The molecule has 0 amide bonds. The van der Waals surface area contributed by atoms with Crippen molar-refractivity contribution in [2.45, 2.75) is 26.3 Å². The molecule has 0 unspecified atom stereocenters. The predicted octanol–water partition coefficient (Wildman–Crippen LogP) is 3.08. The first-order valence-corrected chi connectivity index (χ1v) is 8.72. The molecule has 6 nitrogen and oxygen atoms in total. The van der Waals surface area contributed by atoms with E-state index in [1.807, 2.05) is 30.1 Å². The Morgan fingerprint density at radius 3 is 2.58 bits per heavy atom. The lowest BCUT2D eigenvalue weighted by Gasteiger charge is -2.22. The fraction of sp³-hybridized carbons (Fsp3) is 0.474. The van der Waals surface area contributed by atoms with Gasteiger partial charge in [0.1, 0.15) is 5.75 Å². The van der Waals surface area contributed by atoms with Gasteiger partial charge < -0.3 is 15.0 Å². The molecule has 0 atom stereocenters. The molecule has 144 valence electrons. The quantitative estimate of drug-likeness (QED) is 0.278. The lowest BCUT2D eigenvalue weighted by atomic mass is 10.2. The van der Waals surface area contributed by atoms with Crippen LogP contribution in [0, 0.1) is 0 Å². The van der Waals surface area contributed by atoms with Gasteiger partial charge in [-0.2, -0.15) is 5.10 Å². The predicted molar refractivity (Wildman–Crippen MR) is 117 cm³/mol. The van der Waals surface area contributed by atoms with Crippen LogP contribution in [0.1, 0.15) is 24.5 Å². The van der Waals surface area contributed by atoms with Crippen molar-refractivity contribution in [3.8, 4) is 5.75 Å².